The van der Waals surface area contributed by atoms with E-state index >= 15 is 0 Å². The molecule has 1 aromatic carbocycles. The Hall–Kier alpha value is -6.93. The fourth-order valence-electron chi connectivity index (χ4n) is 8.19. The van der Waals surface area contributed by atoms with Gasteiger partial charge in [0, 0.05) is 56.6 Å². The highest BCUT2D eigenvalue weighted by atomic mass is 16.5. The van der Waals surface area contributed by atoms with E-state index in [4.69, 9.17) is 26.9 Å². The minimum Gasteiger partial charge on any atom is -0.395 e. The number of carbonyl (C=O) groups excluding carboxylic acids is 4. The van der Waals surface area contributed by atoms with E-state index in [1.807, 2.05) is 37.5 Å². The Bertz CT molecular complexity index is 2710. The number of rotatable bonds is 14. The van der Waals surface area contributed by atoms with Crippen LogP contribution in [0, 0.1) is 13.8 Å². The second-order valence-corrected chi connectivity index (χ2v) is 15.0. The number of hydrogen-bond donors (Lipinski definition) is 5. The molecule has 2 fully saturated rings. The Morgan fingerprint density at radius 3 is 2.13 bits per heavy atom. The number of pyridine rings is 1. The number of aromatic nitrogens is 9. The van der Waals surface area contributed by atoms with Crippen LogP contribution in [0.2, 0.25) is 0 Å². The van der Waals surface area contributed by atoms with Crippen molar-refractivity contribution in [1.29, 1.82) is 0 Å². The topological polar surface area (TPSA) is 267 Å². The van der Waals surface area contributed by atoms with Gasteiger partial charge >= 0.3 is 0 Å². The first-order chi connectivity index (χ1) is 28.8. The molecule has 2 aliphatic rings. The molecular weight excluding hydrogens is 771 g/mol. The third-order valence-electron chi connectivity index (χ3n) is 11.1. The SMILES string of the molecule is CCn1nc(C)cc1C(=O)Nc1nc2cc(C(N)=O)cc(CN3C4CCC3COC4)c2n1C/C=C/Cn1c(NC(=O)c2c(N)c(C)nn2CC)nc2cc(C(N)=O)cnc21. The first-order valence-electron chi connectivity index (χ1n) is 19.8. The molecule has 0 spiro atoms. The van der Waals surface area contributed by atoms with Gasteiger partial charge in [-0.2, -0.15) is 10.2 Å². The zero-order valence-corrected chi connectivity index (χ0v) is 33.8. The number of carbonyl (C=O) groups is 4. The Balaban J connectivity index is 1.17. The Morgan fingerprint density at radius 2 is 1.45 bits per heavy atom. The highest BCUT2D eigenvalue weighted by Gasteiger charge is 2.38. The van der Waals surface area contributed by atoms with Crippen LogP contribution >= 0.6 is 0 Å². The van der Waals surface area contributed by atoms with Crippen LogP contribution in [0.25, 0.3) is 22.2 Å². The molecule has 2 atom stereocenters. The summed E-state index contributed by atoms with van der Waals surface area (Å²) in [5, 5.41) is 14.7. The van der Waals surface area contributed by atoms with Crippen LogP contribution in [0.1, 0.15) is 85.3 Å². The van der Waals surface area contributed by atoms with E-state index in [-0.39, 0.29) is 54.0 Å². The molecule has 2 saturated heterocycles. The number of nitrogen functional groups attached to an aromatic ring is 1. The highest BCUT2D eigenvalue weighted by Crippen LogP contribution is 2.34. The first kappa shape index (κ1) is 39.9. The summed E-state index contributed by atoms with van der Waals surface area (Å²) in [5.74, 6) is -1.77. The van der Waals surface area contributed by atoms with E-state index in [1.54, 1.807) is 34.4 Å². The summed E-state index contributed by atoms with van der Waals surface area (Å²) in [6.07, 6.45) is 7.13. The molecule has 8 N–H and O–H groups in total. The lowest BCUT2D eigenvalue weighted by atomic mass is 10.1. The van der Waals surface area contributed by atoms with Gasteiger partial charge in [-0.05, 0) is 70.4 Å². The van der Waals surface area contributed by atoms with E-state index in [1.165, 1.54) is 16.9 Å². The van der Waals surface area contributed by atoms with Gasteiger partial charge in [0.1, 0.15) is 16.9 Å². The van der Waals surface area contributed by atoms with Crippen molar-refractivity contribution in [3.05, 3.63) is 82.1 Å². The number of imidazole rings is 2. The number of nitrogens with one attached hydrogen (secondary N) is 2. The van der Waals surface area contributed by atoms with Crippen molar-refractivity contribution < 1.29 is 23.9 Å². The van der Waals surface area contributed by atoms with E-state index < -0.39 is 23.6 Å². The molecule has 2 aliphatic heterocycles. The molecule has 8 rings (SSSR count). The van der Waals surface area contributed by atoms with Crippen molar-refractivity contribution in [2.24, 2.45) is 11.5 Å². The van der Waals surface area contributed by atoms with Crippen LogP contribution in [-0.2, 0) is 37.5 Å². The Labute approximate surface area is 343 Å². The minimum atomic E-state index is -0.673. The van der Waals surface area contributed by atoms with Crippen LogP contribution in [0.5, 0.6) is 0 Å². The zero-order chi connectivity index (χ0) is 42.4. The molecule has 5 aromatic heterocycles. The predicted octanol–water partition coefficient (Wildman–Crippen LogP) is 2.73. The molecule has 312 valence electrons. The Kier molecular flexibility index (Phi) is 10.6. The maximum Gasteiger partial charge on any atom is 0.278 e. The number of nitrogens with zero attached hydrogens (tertiary/aromatic N) is 10. The predicted molar refractivity (Wildman–Crippen MR) is 222 cm³/mol. The lowest BCUT2D eigenvalue weighted by Crippen LogP contribution is -2.45. The minimum absolute atomic E-state index is 0.153. The molecule has 2 unspecified atom stereocenters. The van der Waals surface area contributed by atoms with Crippen molar-refractivity contribution in [3.8, 4) is 0 Å². The van der Waals surface area contributed by atoms with E-state index in [0.717, 1.165) is 23.9 Å². The second-order valence-electron chi connectivity index (χ2n) is 15.0. The number of anilines is 3. The number of amides is 4. The van der Waals surface area contributed by atoms with Gasteiger partial charge in [-0.1, -0.05) is 12.2 Å². The smallest absolute Gasteiger partial charge is 0.278 e. The average molecular weight is 818 g/mol. The van der Waals surface area contributed by atoms with Gasteiger partial charge in [-0.15, -0.1) is 0 Å². The van der Waals surface area contributed by atoms with Crippen molar-refractivity contribution >= 4 is 63.4 Å². The number of ether oxygens (including phenoxy) is 1. The van der Waals surface area contributed by atoms with Crippen LogP contribution in [-0.4, -0.2) is 97.5 Å². The molecule has 20 nitrogen and oxygen atoms in total. The van der Waals surface area contributed by atoms with Crippen molar-refractivity contribution in [2.45, 2.75) is 85.3 Å². The fraction of sp³-hybridized carbons (Fsp3) is 0.375. The van der Waals surface area contributed by atoms with Crippen LogP contribution < -0.4 is 27.8 Å². The van der Waals surface area contributed by atoms with E-state index in [2.05, 4.69) is 35.7 Å². The maximum absolute atomic E-state index is 13.8. The Morgan fingerprint density at radius 1 is 0.817 bits per heavy atom. The summed E-state index contributed by atoms with van der Waals surface area (Å²) < 4.78 is 12.6. The number of nitrogens with two attached hydrogens (primary N) is 3. The molecule has 0 radical (unpaired) electrons. The van der Waals surface area contributed by atoms with Crippen molar-refractivity contribution in [1.82, 2.24) is 48.5 Å². The second kappa shape index (κ2) is 16.0. The lowest BCUT2D eigenvalue weighted by molar-refractivity contribution is -0.0185. The molecule has 7 heterocycles. The van der Waals surface area contributed by atoms with Crippen LogP contribution in [0.4, 0.5) is 17.6 Å². The molecule has 0 saturated carbocycles. The third-order valence-corrected chi connectivity index (χ3v) is 11.1. The van der Waals surface area contributed by atoms with Gasteiger partial charge in [0.2, 0.25) is 23.7 Å². The average Bonchev–Trinajstić information content (AvgIpc) is 3.99. The third kappa shape index (κ3) is 7.34. The van der Waals surface area contributed by atoms with Crippen LogP contribution in [0.3, 0.4) is 0 Å². The molecule has 20 heteroatoms. The van der Waals surface area contributed by atoms with Gasteiger partial charge in [0.05, 0.1) is 46.9 Å². The van der Waals surface area contributed by atoms with Gasteiger partial charge in [-0.3, -0.25) is 48.6 Å². The fourth-order valence-corrected chi connectivity index (χ4v) is 8.19. The maximum atomic E-state index is 13.8. The summed E-state index contributed by atoms with van der Waals surface area (Å²) in [4.78, 5) is 68.6. The first-order valence-corrected chi connectivity index (χ1v) is 19.8. The molecule has 0 aliphatic carbocycles. The van der Waals surface area contributed by atoms with Crippen molar-refractivity contribution in [2.75, 3.05) is 29.6 Å². The molecule has 4 amide bonds. The summed E-state index contributed by atoms with van der Waals surface area (Å²) in [7, 11) is 0. The molecule has 6 aromatic rings. The monoisotopic (exact) mass is 817 g/mol. The molecule has 60 heavy (non-hydrogen) atoms. The van der Waals surface area contributed by atoms with Gasteiger partial charge in [0.25, 0.3) is 11.8 Å². The van der Waals surface area contributed by atoms with Gasteiger partial charge in [-0.25, -0.2) is 15.0 Å². The number of hydrogen-bond acceptors (Lipinski definition) is 12. The van der Waals surface area contributed by atoms with Crippen molar-refractivity contribution in [3.63, 3.8) is 0 Å². The number of primary amides is 2. The number of benzene rings is 1. The lowest BCUT2D eigenvalue weighted by Gasteiger charge is -2.34. The summed E-state index contributed by atoms with van der Waals surface area (Å²) in [6.45, 7) is 10.4. The zero-order valence-electron chi connectivity index (χ0n) is 33.8. The van der Waals surface area contributed by atoms with Gasteiger partial charge < -0.3 is 26.5 Å². The largest absolute Gasteiger partial charge is 0.395 e. The summed E-state index contributed by atoms with van der Waals surface area (Å²) >= 11 is 0. The number of fused-ring (bicyclic) bond motifs is 4. The van der Waals surface area contributed by atoms with Crippen LogP contribution in [0.15, 0.2) is 42.6 Å². The standard InChI is InChI=1S/C40H47N15O5/c1-5-54-30(13-21(3)49-54)37(58)47-39-45-28-15-23(34(42)56)14-25(18-53-26-9-10-27(53)20-60-19-26)32(28)51(39)11-7-8-12-52-36-29(16-24(17-44-36)35(43)57)46-40(52)48-38(59)33-31(41)22(4)50-55(33)6-2/h7-8,13-17,26-27H,5-6,9-12,18-20,41H2,1-4H3,(H2,42,56)(H2,43,57)(H,45,47,58)(H,46,48,59)/b8-7+. The molecule has 2 bridgehead atoms. The number of allylic oxidation sites excluding steroid dienone is 2. The molecular formula is C40H47N15O5. The summed E-state index contributed by atoms with van der Waals surface area (Å²) in [6, 6.07) is 7.15. The number of morpholine rings is 1. The highest BCUT2D eigenvalue weighted by molar-refractivity contribution is 6.07. The quantitative estimate of drug-likeness (QED) is 0.0994. The number of aryl methyl sites for hydroxylation is 4. The van der Waals surface area contributed by atoms with Gasteiger partial charge in [0.15, 0.2) is 5.65 Å². The normalized spacial score (nSPS) is 16.7. The summed E-state index contributed by atoms with van der Waals surface area (Å²) in [5.41, 5.74) is 22.9. The van der Waals surface area contributed by atoms with E-state index in [0.29, 0.717) is 72.2 Å². The van der Waals surface area contributed by atoms with E-state index in [9.17, 15) is 19.2 Å².